The maximum Gasteiger partial charge on any atom is 0.0587 e. The number of ether oxygens (including phenoxy) is 1. The Balaban J connectivity index is 1.38. The van der Waals surface area contributed by atoms with Crippen LogP contribution in [-0.4, -0.2) is 12.2 Å². The summed E-state index contributed by atoms with van der Waals surface area (Å²) in [7, 11) is 0. The Labute approximate surface area is 243 Å². The largest absolute Gasteiger partial charge is 0.375 e. The van der Waals surface area contributed by atoms with Crippen molar-refractivity contribution in [3.63, 3.8) is 0 Å². The van der Waals surface area contributed by atoms with Gasteiger partial charge in [-0.1, -0.05) is 95.8 Å². The normalized spacial score (nSPS) is 38.0. The van der Waals surface area contributed by atoms with E-state index in [2.05, 4.69) is 79.7 Å². The molecule has 3 saturated carbocycles. The summed E-state index contributed by atoms with van der Waals surface area (Å²) in [6, 6.07) is 0. The van der Waals surface area contributed by atoms with Crippen LogP contribution < -0.4 is 0 Å². The Morgan fingerprint density at radius 2 is 1.77 bits per heavy atom. The molecular weight excluding hydrogens is 472 g/mol. The molecule has 1 heteroatoms. The number of hydrogen-bond donors (Lipinski definition) is 0. The summed E-state index contributed by atoms with van der Waals surface area (Å²) in [6.07, 6.45) is 30.0. The van der Waals surface area contributed by atoms with E-state index >= 15 is 0 Å². The first-order valence-corrected chi connectivity index (χ1v) is 17.2. The zero-order chi connectivity index (χ0) is 28.2. The lowest BCUT2D eigenvalue weighted by Gasteiger charge is -2.55. The van der Waals surface area contributed by atoms with Crippen LogP contribution in [0.4, 0.5) is 0 Å². The lowest BCUT2D eigenvalue weighted by Crippen LogP contribution is -2.47. The van der Waals surface area contributed by atoms with Crippen molar-refractivity contribution in [2.45, 2.75) is 157 Å². The molecule has 4 rings (SSSR count). The zero-order valence-electron chi connectivity index (χ0n) is 27.2. The summed E-state index contributed by atoms with van der Waals surface area (Å²) in [5, 5.41) is 0. The van der Waals surface area contributed by atoms with Gasteiger partial charge in [0.15, 0.2) is 0 Å². The van der Waals surface area contributed by atoms with Crippen molar-refractivity contribution in [1.82, 2.24) is 0 Å². The standard InChI is InChI=1S/C38H64O/c1-9-31(15-14-28(4)5)24-30(7)39-34-20-23-38-22-11-21-37(8)35(29(6)13-10-12-27(2)3)18-19-36(37)32(26-38)16-17-33(38)25-34/h14-17,27,29-30,32-36H,9-13,18-26H2,1-8H3/b31-15+/t29-,30?,32+,33?,34-,35?,36?,37+,38+/m1/s1. The van der Waals surface area contributed by atoms with E-state index in [0.29, 0.717) is 23.0 Å². The van der Waals surface area contributed by atoms with Crippen molar-refractivity contribution >= 4 is 0 Å². The fourth-order valence-corrected chi connectivity index (χ4v) is 9.98. The van der Waals surface area contributed by atoms with Gasteiger partial charge in [0, 0.05) is 0 Å². The van der Waals surface area contributed by atoms with Crippen LogP contribution in [0.2, 0.25) is 0 Å². The van der Waals surface area contributed by atoms with Crippen molar-refractivity contribution in [3.8, 4) is 0 Å². The molecule has 0 aromatic heterocycles. The molecule has 0 saturated heterocycles. The van der Waals surface area contributed by atoms with Gasteiger partial charge in [-0.2, -0.15) is 0 Å². The summed E-state index contributed by atoms with van der Waals surface area (Å²) >= 11 is 0. The highest BCUT2D eigenvalue weighted by Crippen LogP contribution is 2.64. The molecule has 0 radical (unpaired) electrons. The van der Waals surface area contributed by atoms with Crippen LogP contribution in [0.5, 0.6) is 0 Å². The van der Waals surface area contributed by atoms with Gasteiger partial charge in [-0.15, -0.1) is 0 Å². The molecule has 4 aliphatic carbocycles. The molecule has 1 spiro atoms. The summed E-state index contributed by atoms with van der Waals surface area (Å²) in [5.41, 5.74) is 4.01. The minimum atomic E-state index is 0.317. The predicted molar refractivity (Wildman–Crippen MR) is 170 cm³/mol. The van der Waals surface area contributed by atoms with E-state index in [0.717, 1.165) is 48.3 Å². The first-order valence-electron chi connectivity index (χ1n) is 17.2. The van der Waals surface area contributed by atoms with Crippen LogP contribution in [-0.2, 0) is 4.74 Å². The number of rotatable bonds is 11. The lowest BCUT2D eigenvalue weighted by atomic mass is 9.51. The predicted octanol–water partition coefficient (Wildman–Crippen LogP) is 11.5. The van der Waals surface area contributed by atoms with Gasteiger partial charge in [0.1, 0.15) is 0 Å². The van der Waals surface area contributed by atoms with Crippen molar-refractivity contribution in [2.75, 3.05) is 0 Å². The van der Waals surface area contributed by atoms with Crippen LogP contribution in [0.1, 0.15) is 145 Å². The summed E-state index contributed by atoms with van der Waals surface area (Å²) in [5.74, 6) is 5.17. The summed E-state index contributed by atoms with van der Waals surface area (Å²) in [4.78, 5) is 0. The fourth-order valence-electron chi connectivity index (χ4n) is 9.98. The molecule has 2 bridgehead atoms. The molecule has 39 heavy (non-hydrogen) atoms. The first kappa shape index (κ1) is 31.1. The fraction of sp³-hybridized carbons (Fsp3) is 0.842. The van der Waals surface area contributed by atoms with Gasteiger partial charge in [0.25, 0.3) is 0 Å². The average molecular weight is 537 g/mol. The second-order valence-corrected chi connectivity index (χ2v) is 15.6. The van der Waals surface area contributed by atoms with Crippen molar-refractivity contribution in [3.05, 3.63) is 35.5 Å². The highest BCUT2D eigenvalue weighted by atomic mass is 16.5. The zero-order valence-corrected chi connectivity index (χ0v) is 27.2. The minimum Gasteiger partial charge on any atom is -0.375 e. The molecular formula is C38H64O. The van der Waals surface area contributed by atoms with E-state index in [-0.39, 0.29) is 0 Å². The van der Waals surface area contributed by atoms with Gasteiger partial charge in [0.05, 0.1) is 12.2 Å². The molecule has 0 aromatic carbocycles. The Bertz CT molecular complexity index is 873. The van der Waals surface area contributed by atoms with Crippen molar-refractivity contribution in [2.24, 2.45) is 46.3 Å². The molecule has 0 heterocycles. The molecule has 0 N–H and O–H groups in total. The van der Waals surface area contributed by atoms with Crippen molar-refractivity contribution in [1.29, 1.82) is 0 Å². The van der Waals surface area contributed by atoms with Gasteiger partial charge in [0.2, 0.25) is 0 Å². The molecule has 222 valence electrons. The van der Waals surface area contributed by atoms with Crippen LogP contribution in [0.15, 0.2) is 35.5 Å². The van der Waals surface area contributed by atoms with E-state index in [1.165, 1.54) is 88.2 Å². The van der Waals surface area contributed by atoms with Crippen LogP contribution in [0.25, 0.3) is 0 Å². The van der Waals surface area contributed by atoms with Crippen LogP contribution in [0, 0.1) is 46.3 Å². The quantitative estimate of drug-likeness (QED) is 0.188. The Morgan fingerprint density at radius 1 is 0.974 bits per heavy atom. The third-order valence-electron chi connectivity index (χ3n) is 12.1. The second-order valence-electron chi connectivity index (χ2n) is 15.6. The van der Waals surface area contributed by atoms with Gasteiger partial charge in [-0.25, -0.2) is 0 Å². The van der Waals surface area contributed by atoms with Crippen LogP contribution >= 0.6 is 0 Å². The van der Waals surface area contributed by atoms with Gasteiger partial charge >= 0.3 is 0 Å². The van der Waals surface area contributed by atoms with E-state index in [9.17, 15) is 0 Å². The van der Waals surface area contributed by atoms with Crippen LogP contribution in [0.3, 0.4) is 0 Å². The molecule has 0 amide bonds. The highest BCUT2D eigenvalue weighted by Gasteiger charge is 2.55. The molecule has 1 nitrogen and oxygen atoms in total. The molecule has 0 aromatic rings. The van der Waals surface area contributed by atoms with Gasteiger partial charge in [-0.05, 0) is 131 Å². The molecule has 4 unspecified atom stereocenters. The Kier molecular flexibility index (Phi) is 10.7. The number of fused-ring (bicyclic) bond motifs is 3. The maximum absolute atomic E-state index is 6.75. The first-order chi connectivity index (χ1) is 18.6. The molecule has 0 aliphatic heterocycles. The average Bonchev–Trinajstić information content (AvgIpc) is 3.21. The number of allylic oxidation sites excluding steroid dienone is 5. The lowest BCUT2D eigenvalue weighted by molar-refractivity contribution is -0.0782. The third kappa shape index (κ3) is 7.34. The smallest absolute Gasteiger partial charge is 0.0587 e. The summed E-state index contributed by atoms with van der Waals surface area (Å²) < 4.78 is 6.75. The molecule has 9 atom stereocenters. The maximum atomic E-state index is 6.75. The molecule has 4 aliphatic rings. The monoisotopic (exact) mass is 536 g/mol. The van der Waals surface area contributed by atoms with E-state index < -0.39 is 0 Å². The third-order valence-corrected chi connectivity index (χ3v) is 12.1. The van der Waals surface area contributed by atoms with E-state index in [4.69, 9.17) is 4.74 Å². The van der Waals surface area contributed by atoms with Crippen molar-refractivity contribution < 1.29 is 4.74 Å². The van der Waals surface area contributed by atoms with Gasteiger partial charge in [-0.3, -0.25) is 0 Å². The Hall–Kier alpha value is -0.820. The second kappa shape index (κ2) is 13.4. The Morgan fingerprint density at radius 3 is 2.49 bits per heavy atom. The topological polar surface area (TPSA) is 9.23 Å². The summed E-state index contributed by atoms with van der Waals surface area (Å²) in [6.45, 7) is 19.1. The molecule has 3 fully saturated rings. The van der Waals surface area contributed by atoms with Gasteiger partial charge < -0.3 is 4.74 Å². The highest BCUT2D eigenvalue weighted by molar-refractivity contribution is 5.17. The SMILES string of the molecule is CC/C(=C\C=C(C)C)CC(C)O[C@@H]1CC[C@]23CCC[C@@]4(C)C([C@H](C)CCCC(C)C)CCC4[C@@H](C=CC2C1)C3. The van der Waals surface area contributed by atoms with E-state index in [1.54, 1.807) is 0 Å². The number of hydrogen-bond acceptors (Lipinski definition) is 1. The van der Waals surface area contributed by atoms with E-state index in [1.807, 2.05) is 0 Å². The minimum absolute atomic E-state index is 0.317.